The molecule has 3 nitrogen and oxygen atoms in total. The Morgan fingerprint density at radius 2 is 2.28 bits per heavy atom. The minimum absolute atomic E-state index is 0.367. The van der Waals surface area contributed by atoms with Crippen molar-refractivity contribution in [3.8, 4) is 0 Å². The lowest BCUT2D eigenvalue weighted by Gasteiger charge is -2.15. The van der Waals surface area contributed by atoms with Gasteiger partial charge < -0.3 is 10.2 Å². The summed E-state index contributed by atoms with van der Waals surface area (Å²) >= 11 is 1.75. The summed E-state index contributed by atoms with van der Waals surface area (Å²) in [6.07, 6.45) is 3.16. The second-order valence-corrected chi connectivity index (χ2v) is 5.85. The lowest BCUT2D eigenvalue weighted by Crippen LogP contribution is -2.23. The predicted octanol–water partition coefficient (Wildman–Crippen LogP) is 2.90. The molecule has 2 aromatic heterocycles. The zero-order valence-corrected chi connectivity index (χ0v) is 12.1. The highest BCUT2D eigenvalue weighted by Gasteiger charge is 2.06. The van der Waals surface area contributed by atoms with Gasteiger partial charge in [0.1, 0.15) is 0 Å². The molecule has 98 valence electrons. The third-order valence-electron chi connectivity index (χ3n) is 3.06. The molecule has 1 N–H and O–H groups in total. The van der Waals surface area contributed by atoms with E-state index in [2.05, 4.69) is 53.7 Å². The van der Waals surface area contributed by atoms with Crippen LogP contribution in [-0.2, 0) is 0 Å². The first-order valence-electron chi connectivity index (χ1n) is 6.38. The van der Waals surface area contributed by atoms with Crippen LogP contribution < -0.4 is 5.32 Å². The SMILES string of the molecule is CC(NCCCN(C)C)c1cnc2ccsc2c1. The number of thiophene rings is 1. The zero-order valence-electron chi connectivity index (χ0n) is 11.3. The second kappa shape index (κ2) is 6.27. The van der Waals surface area contributed by atoms with Gasteiger partial charge in [-0.15, -0.1) is 11.3 Å². The van der Waals surface area contributed by atoms with Gasteiger partial charge in [-0.2, -0.15) is 0 Å². The first-order valence-corrected chi connectivity index (χ1v) is 7.26. The van der Waals surface area contributed by atoms with Gasteiger partial charge in [0.15, 0.2) is 0 Å². The Balaban J connectivity index is 1.89. The van der Waals surface area contributed by atoms with Crippen LogP contribution in [0.15, 0.2) is 23.7 Å². The number of pyridine rings is 1. The van der Waals surface area contributed by atoms with E-state index in [1.54, 1.807) is 11.3 Å². The Hall–Kier alpha value is -0.970. The third kappa shape index (κ3) is 3.51. The van der Waals surface area contributed by atoms with E-state index in [1.165, 1.54) is 16.7 Å². The van der Waals surface area contributed by atoms with Crippen molar-refractivity contribution in [2.75, 3.05) is 27.2 Å². The quantitative estimate of drug-likeness (QED) is 0.812. The van der Waals surface area contributed by atoms with Crippen LogP contribution in [0.2, 0.25) is 0 Å². The topological polar surface area (TPSA) is 28.2 Å². The molecule has 2 rings (SSSR count). The molecule has 1 unspecified atom stereocenters. The third-order valence-corrected chi connectivity index (χ3v) is 3.91. The maximum Gasteiger partial charge on any atom is 0.0809 e. The molecule has 2 aromatic rings. The first kappa shape index (κ1) is 13.5. The summed E-state index contributed by atoms with van der Waals surface area (Å²) in [4.78, 5) is 6.69. The Kier molecular flexibility index (Phi) is 4.69. The van der Waals surface area contributed by atoms with E-state index in [1.807, 2.05) is 6.20 Å². The molecule has 0 spiro atoms. The Labute approximate surface area is 113 Å². The number of nitrogens with one attached hydrogen (secondary N) is 1. The van der Waals surface area contributed by atoms with Gasteiger partial charge in [0.2, 0.25) is 0 Å². The van der Waals surface area contributed by atoms with Gasteiger partial charge in [0, 0.05) is 12.2 Å². The molecule has 0 aliphatic heterocycles. The van der Waals surface area contributed by atoms with E-state index in [-0.39, 0.29) is 0 Å². The normalized spacial score (nSPS) is 13.3. The highest BCUT2D eigenvalue weighted by molar-refractivity contribution is 7.17. The molecule has 18 heavy (non-hydrogen) atoms. The van der Waals surface area contributed by atoms with Crippen LogP contribution in [0.25, 0.3) is 10.2 Å². The largest absolute Gasteiger partial charge is 0.310 e. The summed E-state index contributed by atoms with van der Waals surface area (Å²) in [5.74, 6) is 0. The number of rotatable bonds is 6. The number of hydrogen-bond acceptors (Lipinski definition) is 4. The van der Waals surface area contributed by atoms with E-state index in [0.717, 1.165) is 18.6 Å². The highest BCUT2D eigenvalue weighted by atomic mass is 32.1. The predicted molar refractivity (Wildman–Crippen MR) is 79.2 cm³/mol. The molecule has 0 amide bonds. The van der Waals surface area contributed by atoms with E-state index < -0.39 is 0 Å². The van der Waals surface area contributed by atoms with Crippen molar-refractivity contribution in [1.82, 2.24) is 15.2 Å². The molecule has 0 aliphatic carbocycles. The van der Waals surface area contributed by atoms with Gasteiger partial charge >= 0.3 is 0 Å². The van der Waals surface area contributed by atoms with E-state index in [0.29, 0.717) is 6.04 Å². The van der Waals surface area contributed by atoms with Crippen molar-refractivity contribution in [3.63, 3.8) is 0 Å². The molecular weight excluding hydrogens is 242 g/mol. The summed E-state index contributed by atoms with van der Waals surface area (Å²) in [5, 5.41) is 5.64. The van der Waals surface area contributed by atoms with Gasteiger partial charge in [0.25, 0.3) is 0 Å². The lowest BCUT2D eigenvalue weighted by molar-refractivity contribution is 0.389. The van der Waals surface area contributed by atoms with Crippen molar-refractivity contribution in [1.29, 1.82) is 0 Å². The summed E-state index contributed by atoms with van der Waals surface area (Å²) in [6.45, 7) is 4.37. The molecule has 1 atom stereocenters. The van der Waals surface area contributed by atoms with Gasteiger partial charge in [-0.25, -0.2) is 0 Å². The van der Waals surface area contributed by atoms with Gasteiger partial charge in [0.05, 0.1) is 10.2 Å². The van der Waals surface area contributed by atoms with Crippen LogP contribution in [0.4, 0.5) is 0 Å². The summed E-state index contributed by atoms with van der Waals surface area (Å²) in [5.41, 5.74) is 2.37. The van der Waals surface area contributed by atoms with Gasteiger partial charge in [-0.3, -0.25) is 4.98 Å². The fraction of sp³-hybridized carbons (Fsp3) is 0.500. The smallest absolute Gasteiger partial charge is 0.0809 e. The van der Waals surface area contributed by atoms with Crippen LogP contribution in [-0.4, -0.2) is 37.1 Å². The highest BCUT2D eigenvalue weighted by Crippen LogP contribution is 2.22. The van der Waals surface area contributed by atoms with E-state index >= 15 is 0 Å². The summed E-state index contributed by atoms with van der Waals surface area (Å²) in [7, 11) is 4.22. The van der Waals surface area contributed by atoms with Gasteiger partial charge in [-0.1, -0.05) is 0 Å². The average molecular weight is 263 g/mol. The minimum Gasteiger partial charge on any atom is -0.310 e. The number of nitrogens with zero attached hydrogens (tertiary/aromatic N) is 2. The molecule has 0 fully saturated rings. The summed E-state index contributed by atoms with van der Waals surface area (Å²) < 4.78 is 1.27. The molecular formula is C14H21N3S. The fourth-order valence-electron chi connectivity index (χ4n) is 1.93. The Morgan fingerprint density at radius 1 is 1.44 bits per heavy atom. The zero-order chi connectivity index (χ0) is 13.0. The number of aromatic nitrogens is 1. The molecule has 0 aromatic carbocycles. The fourth-order valence-corrected chi connectivity index (χ4v) is 2.72. The van der Waals surface area contributed by atoms with Crippen molar-refractivity contribution >= 4 is 21.6 Å². The molecule has 4 heteroatoms. The van der Waals surface area contributed by atoms with Crippen molar-refractivity contribution < 1.29 is 0 Å². The van der Waals surface area contributed by atoms with Gasteiger partial charge in [-0.05, 0) is 63.6 Å². The molecule has 0 bridgehead atoms. The molecule has 2 heterocycles. The standard InChI is InChI=1S/C14H21N3S/c1-11(15-6-4-7-17(2)3)12-9-14-13(16-10-12)5-8-18-14/h5,8-11,15H,4,6-7H2,1-3H3. The minimum atomic E-state index is 0.367. The van der Waals surface area contributed by atoms with Crippen LogP contribution in [0.3, 0.4) is 0 Å². The maximum atomic E-state index is 4.48. The Bertz CT molecular complexity index is 492. The van der Waals surface area contributed by atoms with Crippen LogP contribution >= 0.6 is 11.3 Å². The van der Waals surface area contributed by atoms with E-state index in [9.17, 15) is 0 Å². The van der Waals surface area contributed by atoms with Crippen molar-refractivity contribution in [2.24, 2.45) is 0 Å². The van der Waals surface area contributed by atoms with Crippen molar-refractivity contribution in [3.05, 3.63) is 29.3 Å². The Morgan fingerprint density at radius 3 is 3.06 bits per heavy atom. The maximum absolute atomic E-state index is 4.48. The number of hydrogen-bond donors (Lipinski definition) is 1. The second-order valence-electron chi connectivity index (χ2n) is 4.91. The number of fused-ring (bicyclic) bond motifs is 1. The summed E-state index contributed by atoms with van der Waals surface area (Å²) in [6, 6.07) is 4.68. The molecule has 0 aliphatic rings. The molecule has 0 radical (unpaired) electrons. The van der Waals surface area contributed by atoms with Crippen LogP contribution in [0.1, 0.15) is 24.9 Å². The molecule has 0 saturated carbocycles. The van der Waals surface area contributed by atoms with Crippen molar-refractivity contribution in [2.45, 2.75) is 19.4 Å². The lowest BCUT2D eigenvalue weighted by atomic mass is 10.1. The van der Waals surface area contributed by atoms with Crippen LogP contribution in [0, 0.1) is 0 Å². The van der Waals surface area contributed by atoms with E-state index in [4.69, 9.17) is 0 Å². The first-order chi connectivity index (χ1) is 8.66. The average Bonchev–Trinajstić information content (AvgIpc) is 2.81. The van der Waals surface area contributed by atoms with Crippen LogP contribution in [0.5, 0.6) is 0 Å². The molecule has 0 saturated heterocycles. The monoisotopic (exact) mass is 263 g/mol.